The number of hydrogen-bond donors (Lipinski definition) is 1. The summed E-state index contributed by atoms with van der Waals surface area (Å²) >= 11 is 5.90. The minimum absolute atomic E-state index is 0.234. The van der Waals surface area contributed by atoms with Crippen molar-refractivity contribution < 1.29 is 9.53 Å². The molecule has 1 aliphatic carbocycles. The Morgan fingerprint density at radius 2 is 2.05 bits per heavy atom. The lowest BCUT2D eigenvalue weighted by Crippen LogP contribution is -2.34. The van der Waals surface area contributed by atoms with Crippen molar-refractivity contribution in [2.75, 3.05) is 0 Å². The summed E-state index contributed by atoms with van der Waals surface area (Å²) in [5.41, 5.74) is 4.58. The lowest BCUT2D eigenvalue weighted by molar-refractivity contribution is -0.127. The molecule has 1 atom stereocenters. The third-order valence-corrected chi connectivity index (χ3v) is 3.80. The lowest BCUT2D eigenvalue weighted by Gasteiger charge is -2.16. The molecule has 0 bridgehead atoms. The number of nitrogens with one attached hydrogen (secondary N) is 1. The fraction of sp³-hybridized carbons (Fsp3) is 0.500. The summed E-state index contributed by atoms with van der Waals surface area (Å²) < 4.78 is 5.66. The van der Waals surface area contributed by atoms with Crippen LogP contribution in [0.25, 0.3) is 0 Å². The molecule has 21 heavy (non-hydrogen) atoms. The Kier molecular flexibility index (Phi) is 5.62. The number of aryl methyl sites for hydroxylation is 1. The molecule has 0 aromatic heterocycles. The molecule has 0 saturated heterocycles. The molecular formula is C16H21ClN2O2. The van der Waals surface area contributed by atoms with Gasteiger partial charge in [0, 0.05) is 10.7 Å². The molecule has 1 unspecified atom stereocenters. The van der Waals surface area contributed by atoms with Gasteiger partial charge in [-0.05, 0) is 63.3 Å². The van der Waals surface area contributed by atoms with E-state index in [1.807, 2.05) is 13.0 Å². The number of ether oxygens (including phenoxy) is 1. The van der Waals surface area contributed by atoms with Gasteiger partial charge in [-0.1, -0.05) is 18.0 Å². The first kappa shape index (κ1) is 15.8. The molecule has 0 heterocycles. The van der Waals surface area contributed by atoms with E-state index < -0.39 is 6.10 Å². The molecule has 1 saturated carbocycles. The molecule has 1 aromatic carbocycles. The van der Waals surface area contributed by atoms with Crippen molar-refractivity contribution in [1.82, 2.24) is 5.43 Å². The van der Waals surface area contributed by atoms with Gasteiger partial charge in [0.15, 0.2) is 6.10 Å². The highest BCUT2D eigenvalue weighted by Gasteiger charge is 2.16. The van der Waals surface area contributed by atoms with Crippen LogP contribution in [0, 0.1) is 6.92 Å². The van der Waals surface area contributed by atoms with E-state index in [1.54, 1.807) is 19.1 Å². The van der Waals surface area contributed by atoms with Crippen molar-refractivity contribution in [2.24, 2.45) is 5.10 Å². The van der Waals surface area contributed by atoms with E-state index in [9.17, 15) is 4.79 Å². The van der Waals surface area contributed by atoms with E-state index >= 15 is 0 Å². The molecule has 1 aromatic rings. The van der Waals surface area contributed by atoms with Gasteiger partial charge in [0.25, 0.3) is 5.91 Å². The number of amides is 1. The first-order chi connectivity index (χ1) is 10.1. The second-order valence-electron chi connectivity index (χ2n) is 5.38. The topological polar surface area (TPSA) is 50.7 Å². The maximum absolute atomic E-state index is 12.0. The van der Waals surface area contributed by atoms with Crippen LogP contribution < -0.4 is 10.2 Å². The molecule has 0 radical (unpaired) electrons. The van der Waals surface area contributed by atoms with Crippen LogP contribution in [0.1, 0.15) is 44.6 Å². The quantitative estimate of drug-likeness (QED) is 0.859. The smallest absolute Gasteiger partial charge is 0.280 e. The largest absolute Gasteiger partial charge is 0.481 e. The maximum atomic E-state index is 12.0. The molecule has 114 valence electrons. The Morgan fingerprint density at radius 1 is 1.33 bits per heavy atom. The maximum Gasteiger partial charge on any atom is 0.280 e. The Labute approximate surface area is 130 Å². The number of carbonyl (C=O) groups excluding carboxylic acids is 1. The second-order valence-corrected chi connectivity index (χ2v) is 5.82. The fourth-order valence-corrected chi connectivity index (χ4v) is 2.51. The highest BCUT2D eigenvalue weighted by atomic mass is 35.5. The molecular weight excluding hydrogens is 288 g/mol. The molecule has 1 amide bonds. The van der Waals surface area contributed by atoms with E-state index in [0.717, 1.165) is 37.0 Å². The van der Waals surface area contributed by atoms with Gasteiger partial charge in [0.2, 0.25) is 0 Å². The van der Waals surface area contributed by atoms with E-state index in [1.165, 1.54) is 6.42 Å². The molecule has 1 N–H and O–H groups in total. The van der Waals surface area contributed by atoms with Gasteiger partial charge in [-0.15, -0.1) is 0 Å². The number of halogens is 1. The zero-order chi connectivity index (χ0) is 15.2. The number of rotatable bonds is 4. The predicted molar refractivity (Wildman–Crippen MR) is 84.9 cm³/mol. The average molecular weight is 309 g/mol. The number of nitrogens with zero attached hydrogens (tertiary/aromatic N) is 1. The van der Waals surface area contributed by atoms with Crippen LogP contribution in [-0.2, 0) is 4.79 Å². The summed E-state index contributed by atoms with van der Waals surface area (Å²) in [6.45, 7) is 3.61. The number of carbonyl (C=O) groups is 1. The zero-order valence-corrected chi connectivity index (χ0v) is 13.2. The van der Waals surface area contributed by atoms with Crippen LogP contribution >= 0.6 is 11.6 Å². The Bertz CT molecular complexity index is 535. The van der Waals surface area contributed by atoms with Gasteiger partial charge < -0.3 is 4.74 Å². The van der Waals surface area contributed by atoms with E-state index in [2.05, 4.69) is 10.5 Å². The normalized spacial score (nSPS) is 16.2. The minimum Gasteiger partial charge on any atom is -0.481 e. The zero-order valence-electron chi connectivity index (χ0n) is 12.5. The number of benzene rings is 1. The summed E-state index contributed by atoms with van der Waals surface area (Å²) in [5, 5.41) is 4.85. The summed E-state index contributed by atoms with van der Waals surface area (Å²) in [5.74, 6) is 0.426. The average Bonchev–Trinajstić information content (AvgIpc) is 2.48. The first-order valence-electron chi connectivity index (χ1n) is 7.34. The second kappa shape index (κ2) is 7.46. The summed E-state index contributed by atoms with van der Waals surface area (Å²) in [4.78, 5) is 12.0. The highest BCUT2D eigenvalue weighted by molar-refractivity contribution is 6.30. The van der Waals surface area contributed by atoms with E-state index in [4.69, 9.17) is 16.3 Å². The van der Waals surface area contributed by atoms with Crippen LogP contribution in [0.15, 0.2) is 23.3 Å². The molecule has 1 aliphatic rings. The van der Waals surface area contributed by atoms with Crippen LogP contribution in [0.3, 0.4) is 0 Å². The van der Waals surface area contributed by atoms with Crippen LogP contribution in [0.4, 0.5) is 0 Å². The summed E-state index contributed by atoms with van der Waals surface area (Å²) in [6.07, 6.45) is 4.92. The van der Waals surface area contributed by atoms with Crippen LogP contribution in [-0.4, -0.2) is 17.7 Å². The first-order valence-corrected chi connectivity index (χ1v) is 7.72. The van der Waals surface area contributed by atoms with Gasteiger partial charge in [-0.2, -0.15) is 5.10 Å². The molecule has 5 heteroatoms. The molecule has 0 aliphatic heterocycles. The van der Waals surface area contributed by atoms with Crippen molar-refractivity contribution in [1.29, 1.82) is 0 Å². The summed E-state index contributed by atoms with van der Waals surface area (Å²) in [6, 6.07) is 5.33. The Balaban J connectivity index is 1.90. The molecule has 4 nitrogen and oxygen atoms in total. The van der Waals surface area contributed by atoms with Crippen LogP contribution in [0.5, 0.6) is 5.75 Å². The predicted octanol–water partition coefficient (Wildman–Crippen LogP) is 3.85. The van der Waals surface area contributed by atoms with Gasteiger partial charge in [0.05, 0.1) is 0 Å². The molecule has 2 rings (SSSR count). The summed E-state index contributed by atoms with van der Waals surface area (Å²) in [7, 11) is 0. The SMILES string of the molecule is Cc1cc(Cl)ccc1OC(C)C(=O)NN=C1CCCCC1. The highest BCUT2D eigenvalue weighted by Crippen LogP contribution is 2.22. The standard InChI is InChI=1S/C16H21ClN2O2/c1-11-10-13(17)8-9-15(11)21-12(2)16(20)19-18-14-6-4-3-5-7-14/h8-10,12H,3-7H2,1-2H3,(H,19,20). The van der Waals surface area contributed by atoms with Crippen molar-refractivity contribution in [3.8, 4) is 5.75 Å². The third kappa shape index (κ3) is 4.74. The molecule has 0 spiro atoms. The number of hydrogen-bond acceptors (Lipinski definition) is 3. The number of hydrazone groups is 1. The Hall–Kier alpha value is -1.55. The van der Waals surface area contributed by atoms with Gasteiger partial charge in [0.1, 0.15) is 5.75 Å². The molecule has 1 fully saturated rings. The van der Waals surface area contributed by atoms with E-state index in [-0.39, 0.29) is 5.91 Å². The van der Waals surface area contributed by atoms with Crippen molar-refractivity contribution >= 4 is 23.2 Å². The Morgan fingerprint density at radius 3 is 2.71 bits per heavy atom. The lowest BCUT2D eigenvalue weighted by atomic mass is 9.99. The van der Waals surface area contributed by atoms with Gasteiger partial charge in [-0.25, -0.2) is 5.43 Å². The minimum atomic E-state index is -0.599. The van der Waals surface area contributed by atoms with E-state index in [0.29, 0.717) is 10.8 Å². The van der Waals surface area contributed by atoms with Crippen molar-refractivity contribution in [2.45, 2.75) is 52.1 Å². The third-order valence-electron chi connectivity index (χ3n) is 3.56. The van der Waals surface area contributed by atoms with Crippen molar-refractivity contribution in [3.63, 3.8) is 0 Å². The van der Waals surface area contributed by atoms with Crippen molar-refractivity contribution in [3.05, 3.63) is 28.8 Å². The van der Waals surface area contributed by atoms with Crippen LogP contribution in [0.2, 0.25) is 5.02 Å². The monoisotopic (exact) mass is 308 g/mol. The fourth-order valence-electron chi connectivity index (χ4n) is 2.29. The van der Waals surface area contributed by atoms with Gasteiger partial charge in [-0.3, -0.25) is 4.79 Å². The van der Waals surface area contributed by atoms with Gasteiger partial charge >= 0.3 is 0 Å².